The molecule has 2 nitrogen and oxygen atoms in total. The van der Waals surface area contributed by atoms with Gasteiger partial charge in [-0.2, -0.15) is 0 Å². The minimum atomic E-state index is 0.416. The third-order valence-electron chi connectivity index (χ3n) is 4.93. The van der Waals surface area contributed by atoms with Crippen LogP contribution < -0.4 is 4.67 Å². The number of nitrogens with zero attached hydrogens (tertiary/aromatic N) is 1. The maximum atomic E-state index is 5.38. The van der Waals surface area contributed by atoms with Crippen molar-refractivity contribution in [1.29, 1.82) is 0 Å². The Balaban J connectivity index is 1.90. The summed E-state index contributed by atoms with van der Waals surface area (Å²) >= 11 is 0. The molecule has 1 aliphatic heterocycles. The monoisotopic (exact) mass is 299 g/mol. The lowest BCUT2D eigenvalue weighted by Gasteiger charge is -2.23. The highest BCUT2D eigenvalue weighted by molar-refractivity contribution is 7.19. The van der Waals surface area contributed by atoms with E-state index < -0.39 is 0 Å². The molecule has 0 N–H and O–H groups in total. The van der Waals surface area contributed by atoms with Gasteiger partial charge in [0.2, 0.25) is 0 Å². The summed E-state index contributed by atoms with van der Waals surface area (Å²) in [7, 11) is 2.88. The fourth-order valence-corrected chi connectivity index (χ4v) is 4.24. The Labute approximate surface area is 128 Å². The Morgan fingerprint density at radius 2 is 2.10 bits per heavy atom. The largest absolute Gasteiger partial charge is 0.371 e. The van der Waals surface area contributed by atoms with Crippen LogP contribution in [0.2, 0.25) is 0 Å². The molecule has 21 heavy (non-hydrogen) atoms. The van der Waals surface area contributed by atoms with Gasteiger partial charge in [0.05, 0.1) is 12.7 Å². The normalized spacial score (nSPS) is 19.9. The molecule has 2 atom stereocenters. The number of rotatable bonds is 3. The van der Waals surface area contributed by atoms with Crippen molar-refractivity contribution in [2.75, 3.05) is 17.8 Å². The van der Waals surface area contributed by atoms with Crippen LogP contribution in [0.3, 0.4) is 0 Å². The summed E-state index contributed by atoms with van der Waals surface area (Å²) in [6.45, 7) is 6.39. The van der Waals surface area contributed by atoms with E-state index in [0.29, 0.717) is 6.10 Å². The summed E-state index contributed by atoms with van der Waals surface area (Å²) in [5.74, 6) is 0. The third kappa shape index (κ3) is 2.25. The second kappa shape index (κ2) is 4.97. The first kappa shape index (κ1) is 13.5. The van der Waals surface area contributed by atoms with Crippen molar-refractivity contribution < 1.29 is 4.74 Å². The zero-order valence-electron chi connectivity index (χ0n) is 12.8. The summed E-state index contributed by atoms with van der Waals surface area (Å²) in [5, 5.41) is 2.93. The molecule has 2 aromatic rings. The van der Waals surface area contributed by atoms with Crippen molar-refractivity contribution in [2.45, 2.75) is 39.2 Å². The van der Waals surface area contributed by atoms with E-state index in [0.717, 1.165) is 13.2 Å². The highest BCUT2D eigenvalue weighted by Crippen LogP contribution is 2.39. The SMILES string of the molecule is Cc1cc(N(P)C[C@H]2CO2)c(C)c2c3c(ccc12)CCC3. The molecule has 2 aromatic carbocycles. The van der Waals surface area contributed by atoms with Gasteiger partial charge in [0.1, 0.15) is 0 Å². The van der Waals surface area contributed by atoms with Crippen LogP contribution in [0.15, 0.2) is 18.2 Å². The first-order valence-corrected chi connectivity index (χ1v) is 8.35. The molecule has 0 radical (unpaired) electrons. The van der Waals surface area contributed by atoms with Crippen molar-refractivity contribution in [3.63, 3.8) is 0 Å². The molecule has 0 bridgehead atoms. The molecule has 3 heteroatoms. The van der Waals surface area contributed by atoms with Crippen LogP contribution in [0, 0.1) is 13.8 Å². The maximum absolute atomic E-state index is 5.38. The molecule has 2 aliphatic rings. The molecule has 4 rings (SSSR count). The molecule has 1 fully saturated rings. The van der Waals surface area contributed by atoms with E-state index in [1.54, 1.807) is 11.1 Å². The summed E-state index contributed by atoms with van der Waals surface area (Å²) < 4.78 is 7.66. The van der Waals surface area contributed by atoms with Gasteiger partial charge in [-0.1, -0.05) is 12.1 Å². The van der Waals surface area contributed by atoms with Crippen molar-refractivity contribution >= 4 is 25.9 Å². The molecule has 0 aromatic heterocycles. The van der Waals surface area contributed by atoms with Crippen molar-refractivity contribution in [2.24, 2.45) is 0 Å². The number of benzene rings is 2. The van der Waals surface area contributed by atoms with E-state index >= 15 is 0 Å². The predicted octanol–water partition coefficient (Wildman–Crippen LogP) is 3.94. The lowest BCUT2D eigenvalue weighted by Crippen LogP contribution is -2.17. The van der Waals surface area contributed by atoms with Crippen LogP contribution in [-0.2, 0) is 17.6 Å². The summed E-state index contributed by atoms with van der Waals surface area (Å²) in [5.41, 5.74) is 7.29. The Bertz CT molecular complexity index is 721. The molecule has 110 valence electrons. The van der Waals surface area contributed by atoms with Gasteiger partial charge in [-0.05, 0) is 81.6 Å². The Morgan fingerprint density at radius 1 is 1.29 bits per heavy atom. The van der Waals surface area contributed by atoms with Gasteiger partial charge in [-0.3, -0.25) is 0 Å². The molecular formula is C18H22NOP. The Hall–Kier alpha value is -1.11. The fraction of sp³-hybridized carbons (Fsp3) is 0.444. The van der Waals surface area contributed by atoms with Crippen LogP contribution in [-0.4, -0.2) is 19.3 Å². The molecule has 1 saturated heterocycles. The van der Waals surface area contributed by atoms with E-state index in [1.165, 1.54) is 46.8 Å². The number of fused-ring (bicyclic) bond motifs is 3. The van der Waals surface area contributed by atoms with Gasteiger partial charge in [0.15, 0.2) is 0 Å². The van der Waals surface area contributed by atoms with Gasteiger partial charge in [-0.15, -0.1) is 0 Å². The highest BCUT2D eigenvalue weighted by Gasteiger charge is 2.26. The third-order valence-corrected chi connectivity index (χ3v) is 5.42. The van der Waals surface area contributed by atoms with E-state index in [9.17, 15) is 0 Å². The van der Waals surface area contributed by atoms with Gasteiger partial charge in [-0.25, -0.2) is 0 Å². The standard InChI is InChI=1S/C18H22NOP/c1-11-8-17(19(21)9-14-10-20-14)12(2)18-15(11)7-6-13-4-3-5-16(13)18/h6-8,14H,3-5,9-10,21H2,1-2H3/t14-/m0/s1. The van der Waals surface area contributed by atoms with Gasteiger partial charge in [0, 0.05) is 12.2 Å². The average Bonchev–Trinajstić information content (AvgIpc) is 3.15. The number of hydrogen-bond acceptors (Lipinski definition) is 2. The van der Waals surface area contributed by atoms with Crippen LogP contribution in [0.25, 0.3) is 10.8 Å². The van der Waals surface area contributed by atoms with Gasteiger partial charge < -0.3 is 9.41 Å². The average molecular weight is 299 g/mol. The van der Waals surface area contributed by atoms with Crippen LogP contribution >= 0.6 is 9.39 Å². The molecule has 1 unspecified atom stereocenters. The minimum Gasteiger partial charge on any atom is -0.371 e. The maximum Gasteiger partial charge on any atom is 0.0987 e. The molecule has 0 spiro atoms. The summed E-state index contributed by atoms with van der Waals surface area (Å²) in [4.78, 5) is 0. The first-order chi connectivity index (χ1) is 10.1. The number of aryl methyl sites for hydroxylation is 4. The van der Waals surface area contributed by atoms with E-state index in [1.807, 2.05) is 0 Å². The lowest BCUT2D eigenvalue weighted by atomic mass is 9.93. The van der Waals surface area contributed by atoms with Crippen molar-refractivity contribution in [3.8, 4) is 0 Å². The van der Waals surface area contributed by atoms with Crippen molar-refractivity contribution in [3.05, 3.63) is 40.5 Å². The fourth-order valence-electron chi connectivity index (χ4n) is 3.73. The predicted molar refractivity (Wildman–Crippen MR) is 92.2 cm³/mol. The summed E-state index contributed by atoms with van der Waals surface area (Å²) in [6, 6.07) is 6.99. The molecular weight excluding hydrogens is 277 g/mol. The topological polar surface area (TPSA) is 15.8 Å². The zero-order valence-corrected chi connectivity index (χ0v) is 13.9. The Kier molecular flexibility index (Phi) is 3.20. The smallest absolute Gasteiger partial charge is 0.0987 e. The highest BCUT2D eigenvalue weighted by atomic mass is 31.0. The molecule has 1 aliphatic carbocycles. The van der Waals surface area contributed by atoms with E-state index in [4.69, 9.17) is 4.74 Å². The van der Waals surface area contributed by atoms with Gasteiger partial charge >= 0.3 is 0 Å². The second-order valence-corrected chi connectivity index (χ2v) is 7.05. The van der Waals surface area contributed by atoms with E-state index in [2.05, 4.69) is 46.1 Å². The number of anilines is 1. The first-order valence-electron chi connectivity index (χ1n) is 7.83. The van der Waals surface area contributed by atoms with Crippen molar-refractivity contribution in [1.82, 2.24) is 0 Å². The summed E-state index contributed by atoms with van der Waals surface area (Å²) in [6.07, 6.45) is 4.20. The van der Waals surface area contributed by atoms with Crippen LogP contribution in [0.5, 0.6) is 0 Å². The van der Waals surface area contributed by atoms with Crippen LogP contribution in [0.1, 0.15) is 28.7 Å². The minimum absolute atomic E-state index is 0.416. The zero-order chi connectivity index (χ0) is 14.6. The molecule has 0 saturated carbocycles. The lowest BCUT2D eigenvalue weighted by molar-refractivity contribution is 0.413. The molecule has 0 amide bonds. The van der Waals surface area contributed by atoms with E-state index in [-0.39, 0.29) is 0 Å². The number of ether oxygens (including phenoxy) is 1. The molecule has 1 heterocycles. The number of epoxide rings is 1. The quantitative estimate of drug-likeness (QED) is 0.630. The van der Waals surface area contributed by atoms with Crippen LogP contribution in [0.4, 0.5) is 5.69 Å². The Morgan fingerprint density at radius 3 is 2.86 bits per heavy atom. The second-order valence-electron chi connectivity index (χ2n) is 6.42. The number of hydrogen-bond donors (Lipinski definition) is 0. The van der Waals surface area contributed by atoms with Gasteiger partial charge in [0.25, 0.3) is 0 Å².